The fourth-order valence-electron chi connectivity index (χ4n) is 2.74. The molecule has 0 radical (unpaired) electrons. The SMILES string of the molecule is Cc1cc(F)cc(C2CCCC2CN)c1. The average Bonchev–Trinajstić information content (AvgIpc) is 2.63. The lowest BCUT2D eigenvalue weighted by atomic mass is 9.88. The van der Waals surface area contributed by atoms with Gasteiger partial charge in [-0.15, -0.1) is 0 Å². The number of hydrogen-bond donors (Lipinski definition) is 1. The van der Waals surface area contributed by atoms with E-state index in [0.29, 0.717) is 11.8 Å². The van der Waals surface area contributed by atoms with Crippen LogP contribution in [0.2, 0.25) is 0 Å². The van der Waals surface area contributed by atoms with Crippen LogP contribution in [0.3, 0.4) is 0 Å². The van der Waals surface area contributed by atoms with E-state index < -0.39 is 0 Å². The van der Waals surface area contributed by atoms with Gasteiger partial charge in [0.15, 0.2) is 0 Å². The van der Waals surface area contributed by atoms with E-state index >= 15 is 0 Å². The molecule has 1 aliphatic rings. The summed E-state index contributed by atoms with van der Waals surface area (Å²) in [5.41, 5.74) is 7.89. The van der Waals surface area contributed by atoms with Gasteiger partial charge in [-0.3, -0.25) is 0 Å². The minimum atomic E-state index is -0.118. The summed E-state index contributed by atoms with van der Waals surface area (Å²) in [6, 6.07) is 5.35. The van der Waals surface area contributed by atoms with Crippen molar-refractivity contribution in [3.05, 3.63) is 35.1 Å². The number of rotatable bonds is 2. The Morgan fingerprint density at radius 1 is 1.33 bits per heavy atom. The molecule has 82 valence electrons. The van der Waals surface area contributed by atoms with Crippen LogP contribution in [0.5, 0.6) is 0 Å². The molecule has 0 spiro atoms. The molecular formula is C13H18FN. The van der Waals surface area contributed by atoms with Gasteiger partial charge in [-0.2, -0.15) is 0 Å². The van der Waals surface area contributed by atoms with E-state index in [1.54, 1.807) is 12.1 Å². The number of benzene rings is 1. The molecule has 0 bridgehead atoms. The fourth-order valence-corrected chi connectivity index (χ4v) is 2.74. The van der Waals surface area contributed by atoms with Crippen LogP contribution in [0, 0.1) is 18.7 Å². The Morgan fingerprint density at radius 3 is 2.80 bits per heavy atom. The van der Waals surface area contributed by atoms with Gasteiger partial charge in [0, 0.05) is 0 Å². The molecule has 2 unspecified atom stereocenters. The van der Waals surface area contributed by atoms with Crippen LogP contribution in [0.25, 0.3) is 0 Å². The van der Waals surface area contributed by atoms with Crippen molar-refractivity contribution in [2.75, 3.05) is 6.54 Å². The molecule has 0 heterocycles. The molecule has 0 saturated heterocycles. The Morgan fingerprint density at radius 2 is 2.13 bits per heavy atom. The van der Waals surface area contributed by atoms with E-state index in [4.69, 9.17) is 5.73 Å². The minimum Gasteiger partial charge on any atom is -0.330 e. The van der Waals surface area contributed by atoms with Crippen LogP contribution in [0.15, 0.2) is 18.2 Å². The predicted molar refractivity (Wildman–Crippen MR) is 60.3 cm³/mol. The maximum Gasteiger partial charge on any atom is 0.123 e. The van der Waals surface area contributed by atoms with Crippen LogP contribution < -0.4 is 5.73 Å². The van der Waals surface area contributed by atoms with Crippen molar-refractivity contribution in [2.24, 2.45) is 11.7 Å². The molecule has 1 aromatic rings. The Bertz CT molecular complexity index is 328. The molecule has 1 fully saturated rings. The second kappa shape index (κ2) is 4.31. The molecule has 2 N–H and O–H groups in total. The maximum atomic E-state index is 13.3. The van der Waals surface area contributed by atoms with Crippen LogP contribution in [-0.2, 0) is 0 Å². The summed E-state index contributed by atoms with van der Waals surface area (Å²) in [5.74, 6) is 0.906. The van der Waals surface area contributed by atoms with Gasteiger partial charge < -0.3 is 5.73 Å². The van der Waals surface area contributed by atoms with Gasteiger partial charge in [0.05, 0.1) is 0 Å². The van der Waals surface area contributed by atoms with Gasteiger partial charge in [-0.25, -0.2) is 4.39 Å². The van der Waals surface area contributed by atoms with Crippen LogP contribution in [0.1, 0.15) is 36.3 Å². The molecular weight excluding hydrogens is 189 g/mol. The molecule has 2 heteroatoms. The third kappa shape index (κ3) is 2.20. The molecule has 1 nitrogen and oxygen atoms in total. The zero-order chi connectivity index (χ0) is 10.8. The zero-order valence-corrected chi connectivity index (χ0v) is 9.17. The first-order chi connectivity index (χ1) is 7.20. The molecule has 1 aliphatic carbocycles. The highest BCUT2D eigenvalue weighted by Crippen LogP contribution is 2.39. The largest absolute Gasteiger partial charge is 0.330 e. The number of halogens is 1. The van der Waals surface area contributed by atoms with Crippen molar-refractivity contribution in [3.8, 4) is 0 Å². The van der Waals surface area contributed by atoms with Gasteiger partial charge in [0.25, 0.3) is 0 Å². The summed E-state index contributed by atoms with van der Waals surface area (Å²) in [6.07, 6.45) is 3.57. The van der Waals surface area contributed by atoms with Crippen molar-refractivity contribution in [1.29, 1.82) is 0 Å². The van der Waals surface area contributed by atoms with Crippen molar-refractivity contribution >= 4 is 0 Å². The van der Waals surface area contributed by atoms with E-state index in [1.807, 2.05) is 6.92 Å². The Hall–Kier alpha value is -0.890. The highest BCUT2D eigenvalue weighted by Gasteiger charge is 2.27. The van der Waals surface area contributed by atoms with Gasteiger partial charge in [-0.1, -0.05) is 12.5 Å². The van der Waals surface area contributed by atoms with Crippen molar-refractivity contribution in [2.45, 2.75) is 32.1 Å². The third-order valence-electron chi connectivity index (χ3n) is 3.45. The molecule has 0 aromatic heterocycles. The van der Waals surface area contributed by atoms with Crippen molar-refractivity contribution in [1.82, 2.24) is 0 Å². The summed E-state index contributed by atoms with van der Waals surface area (Å²) in [4.78, 5) is 0. The van der Waals surface area contributed by atoms with E-state index in [9.17, 15) is 4.39 Å². The smallest absolute Gasteiger partial charge is 0.123 e. The standard InChI is InChI=1S/C13H18FN/c1-9-5-11(7-12(14)6-9)13-4-2-3-10(13)8-15/h5-7,10,13H,2-4,8,15H2,1H3. The van der Waals surface area contributed by atoms with Gasteiger partial charge >= 0.3 is 0 Å². The van der Waals surface area contributed by atoms with Crippen LogP contribution >= 0.6 is 0 Å². The Labute approximate surface area is 90.5 Å². The lowest BCUT2D eigenvalue weighted by Gasteiger charge is -2.18. The van der Waals surface area contributed by atoms with E-state index in [1.165, 1.54) is 12.8 Å². The minimum absolute atomic E-state index is 0.118. The summed E-state index contributed by atoms with van der Waals surface area (Å²) >= 11 is 0. The van der Waals surface area contributed by atoms with E-state index in [-0.39, 0.29) is 5.82 Å². The molecule has 2 atom stereocenters. The van der Waals surface area contributed by atoms with E-state index in [2.05, 4.69) is 6.07 Å². The number of hydrogen-bond acceptors (Lipinski definition) is 1. The molecule has 2 rings (SSSR count). The van der Waals surface area contributed by atoms with Crippen molar-refractivity contribution < 1.29 is 4.39 Å². The van der Waals surface area contributed by atoms with Gasteiger partial charge in [-0.05, 0) is 61.4 Å². The quantitative estimate of drug-likeness (QED) is 0.792. The van der Waals surface area contributed by atoms with Crippen LogP contribution in [-0.4, -0.2) is 6.54 Å². The first-order valence-corrected chi connectivity index (χ1v) is 5.68. The molecule has 0 aliphatic heterocycles. The first-order valence-electron chi connectivity index (χ1n) is 5.68. The van der Waals surface area contributed by atoms with Crippen LogP contribution in [0.4, 0.5) is 4.39 Å². The number of nitrogens with two attached hydrogens (primary N) is 1. The average molecular weight is 207 g/mol. The molecule has 1 saturated carbocycles. The predicted octanol–water partition coefficient (Wildman–Crippen LogP) is 2.98. The lowest BCUT2D eigenvalue weighted by Crippen LogP contribution is -2.17. The monoisotopic (exact) mass is 207 g/mol. The fraction of sp³-hybridized carbons (Fsp3) is 0.538. The van der Waals surface area contributed by atoms with Crippen molar-refractivity contribution in [3.63, 3.8) is 0 Å². The second-order valence-electron chi connectivity index (χ2n) is 4.60. The molecule has 15 heavy (non-hydrogen) atoms. The third-order valence-corrected chi connectivity index (χ3v) is 3.45. The van der Waals surface area contributed by atoms with Gasteiger partial charge in [0.2, 0.25) is 0 Å². The maximum absolute atomic E-state index is 13.3. The topological polar surface area (TPSA) is 26.0 Å². The summed E-state index contributed by atoms with van der Waals surface area (Å²) in [6.45, 7) is 2.67. The van der Waals surface area contributed by atoms with E-state index in [0.717, 1.165) is 24.1 Å². The molecule has 1 aromatic carbocycles. The molecule has 0 amide bonds. The highest BCUT2D eigenvalue weighted by molar-refractivity contribution is 5.28. The number of aryl methyl sites for hydroxylation is 1. The summed E-state index contributed by atoms with van der Waals surface area (Å²) < 4.78 is 13.3. The zero-order valence-electron chi connectivity index (χ0n) is 9.17. The van der Waals surface area contributed by atoms with Gasteiger partial charge in [0.1, 0.15) is 5.82 Å². The summed E-state index contributed by atoms with van der Waals surface area (Å²) in [7, 11) is 0. The first kappa shape index (κ1) is 10.6. The Balaban J connectivity index is 2.28. The highest BCUT2D eigenvalue weighted by atomic mass is 19.1. The normalized spacial score (nSPS) is 25.8. The lowest BCUT2D eigenvalue weighted by molar-refractivity contribution is 0.493. The Kier molecular flexibility index (Phi) is 3.06. The second-order valence-corrected chi connectivity index (χ2v) is 4.60. The summed E-state index contributed by atoms with van der Waals surface area (Å²) in [5, 5.41) is 0.